The molecule has 0 aliphatic rings. The van der Waals surface area contributed by atoms with Crippen LogP contribution in [0.4, 0.5) is 0 Å². The van der Waals surface area contributed by atoms with Gasteiger partial charge in [-0.3, -0.25) is 19.7 Å². The van der Waals surface area contributed by atoms with Crippen LogP contribution in [0.25, 0.3) is 44.8 Å². The number of carbonyl (C=O) groups excluding carboxylic acids is 2. The molecule has 0 fully saturated rings. The maximum Gasteiger partial charge on any atom is 0.255 e. The van der Waals surface area contributed by atoms with Crippen molar-refractivity contribution in [2.24, 2.45) is 0 Å². The summed E-state index contributed by atoms with van der Waals surface area (Å²) in [6.07, 6.45) is 5.87. The highest BCUT2D eigenvalue weighted by molar-refractivity contribution is 6.04. The average Bonchev–Trinajstić information content (AvgIpc) is 3.47. The van der Waals surface area contributed by atoms with Gasteiger partial charge in [-0.25, -0.2) is 15.0 Å². The molecule has 0 aromatic carbocycles. The Bertz CT molecular complexity index is 1530. The Hall–Kier alpha value is -4.47. The number of Topliss-reactive ketones (excluding diaryl/α,β-unsaturated/α-hetero) is 1. The number of imidazole rings is 1. The van der Waals surface area contributed by atoms with Gasteiger partial charge in [-0.05, 0) is 18.2 Å². The summed E-state index contributed by atoms with van der Waals surface area (Å²) < 4.78 is 0. The number of pyridine rings is 3. The van der Waals surface area contributed by atoms with Crippen molar-refractivity contribution >= 4 is 33.9 Å². The SMILES string of the molecule is CCC(=O)Cc1ccc(-c2cnc3n[nH]c(-c4nc5nccc(C(=O)N(C)C)c5[nH]4)c3c2)cn1. The fourth-order valence-electron chi connectivity index (χ4n) is 3.71. The Kier molecular flexibility index (Phi) is 5.33. The van der Waals surface area contributed by atoms with E-state index in [2.05, 4.69) is 35.1 Å². The van der Waals surface area contributed by atoms with Crippen LogP contribution in [0, 0.1) is 0 Å². The van der Waals surface area contributed by atoms with E-state index in [4.69, 9.17) is 0 Å². The van der Waals surface area contributed by atoms with Crippen molar-refractivity contribution in [3.8, 4) is 22.6 Å². The molecule has 10 nitrogen and oxygen atoms in total. The van der Waals surface area contributed by atoms with Gasteiger partial charge in [-0.1, -0.05) is 13.0 Å². The van der Waals surface area contributed by atoms with Crippen LogP contribution in [0.2, 0.25) is 0 Å². The molecule has 0 saturated carbocycles. The number of aromatic nitrogens is 7. The number of aromatic amines is 2. The minimum absolute atomic E-state index is 0.141. The van der Waals surface area contributed by atoms with Crippen molar-refractivity contribution in [3.63, 3.8) is 0 Å². The van der Waals surface area contributed by atoms with Gasteiger partial charge in [0.1, 0.15) is 11.5 Å². The van der Waals surface area contributed by atoms with Gasteiger partial charge in [0, 0.05) is 62.3 Å². The Morgan fingerprint density at radius 1 is 1.00 bits per heavy atom. The molecule has 0 unspecified atom stereocenters. The second-order valence-electron chi connectivity index (χ2n) is 8.14. The summed E-state index contributed by atoms with van der Waals surface area (Å²) in [5.74, 6) is 0.522. The Morgan fingerprint density at radius 3 is 2.56 bits per heavy atom. The molecular formula is C24H22N8O2. The minimum Gasteiger partial charge on any atom is -0.345 e. The van der Waals surface area contributed by atoms with Gasteiger partial charge >= 0.3 is 0 Å². The van der Waals surface area contributed by atoms with E-state index in [1.807, 2.05) is 25.1 Å². The number of rotatable bonds is 6. The van der Waals surface area contributed by atoms with Crippen LogP contribution in [0.3, 0.4) is 0 Å². The molecule has 5 heterocycles. The molecule has 1 amide bonds. The van der Waals surface area contributed by atoms with Crippen molar-refractivity contribution in [2.75, 3.05) is 14.1 Å². The summed E-state index contributed by atoms with van der Waals surface area (Å²) in [4.78, 5) is 46.7. The zero-order valence-electron chi connectivity index (χ0n) is 19.0. The molecular weight excluding hydrogens is 432 g/mol. The fourth-order valence-corrected chi connectivity index (χ4v) is 3.71. The van der Waals surface area contributed by atoms with Crippen molar-refractivity contribution in [1.29, 1.82) is 0 Å². The van der Waals surface area contributed by atoms with Crippen LogP contribution in [0.15, 0.2) is 42.9 Å². The van der Waals surface area contributed by atoms with Gasteiger partial charge in [-0.2, -0.15) is 5.10 Å². The first-order valence-corrected chi connectivity index (χ1v) is 10.8. The van der Waals surface area contributed by atoms with E-state index in [0.717, 1.165) is 22.2 Å². The normalized spacial score (nSPS) is 11.3. The summed E-state index contributed by atoms with van der Waals surface area (Å²) >= 11 is 0. The van der Waals surface area contributed by atoms with Gasteiger partial charge in [0.25, 0.3) is 5.91 Å². The maximum absolute atomic E-state index is 12.6. The zero-order valence-corrected chi connectivity index (χ0v) is 19.0. The first-order valence-electron chi connectivity index (χ1n) is 10.8. The summed E-state index contributed by atoms with van der Waals surface area (Å²) in [6.45, 7) is 1.85. The molecule has 0 bridgehead atoms. The van der Waals surface area contributed by atoms with Crippen LogP contribution in [-0.4, -0.2) is 65.8 Å². The lowest BCUT2D eigenvalue weighted by Crippen LogP contribution is -2.22. The lowest BCUT2D eigenvalue weighted by atomic mass is 10.1. The third kappa shape index (κ3) is 3.79. The first-order chi connectivity index (χ1) is 16.4. The first kappa shape index (κ1) is 21.4. The second kappa shape index (κ2) is 8.47. The highest BCUT2D eigenvalue weighted by Gasteiger charge is 2.19. The van der Waals surface area contributed by atoms with E-state index in [9.17, 15) is 9.59 Å². The Labute approximate surface area is 194 Å². The molecule has 0 radical (unpaired) electrons. The molecule has 5 aromatic rings. The quantitative estimate of drug-likeness (QED) is 0.402. The summed E-state index contributed by atoms with van der Waals surface area (Å²) in [5.41, 5.74) is 5.14. The number of carbonyl (C=O) groups is 2. The fraction of sp³-hybridized carbons (Fsp3) is 0.208. The predicted octanol–water partition coefficient (Wildman–Crippen LogP) is 3.18. The lowest BCUT2D eigenvalue weighted by molar-refractivity contribution is -0.118. The molecule has 10 heteroatoms. The largest absolute Gasteiger partial charge is 0.345 e. The minimum atomic E-state index is -0.141. The summed E-state index contributed by atoms with van der Waals surface area (Å²) in [7, 11) is 3.40. The van der Waals surface area contributed by atoms with Gasteiger partial charge in [0.2, 0.25) is 0 Å². The van der Waals surface area contributed by atoms with Crippen LogP contribution < -0.4 is 0 Å². The molecule has 0 atom stereocenters. The Balaban J connectivity index is 1.54. The van der Waals surface area contributed by atoms with Crippen molar-refractivity contribution in [2.45, 2.75) is 19.8 Å². The molecule has 0 aliphatic carbocycles. The number of nitrogens with zero attached hydrogens (tertiary/aromatic N) is 6. The van der Waals surface area contributed by atoms with Gasteiger partial charge in [0.05, 0.1) is 16.5 Å². The van der Waals surface area contributed by atoms with Crippen LogP contribution in [0.5, 0.6) is 0 Å². The van der Waals surface area contributed by atoms with E-state index in [-0.39, 0.29) is 11.7 Å². The second-order valence-corrected chi connectivity index (χ2v) is 8.14. The van der Waals surface area contributed by atoms with Crippen molar-refractivity contribution in [1.82, 2.24) is 40.0 Å². The third-order valence-corrected chi connectivity index (χ3v) is 5.61. The Morgan fingerprint density at radius 2 is 1.82 bits per heavy atom. The number of nitrogens with one attached hydrogen (secondary N) is 2. The van der Waals surface area contributed by atoms with Crippen molar-refractivity contribution in [3.05, 3.63) is 54.1 Å². The molecule has 0 spiro atoms. The molecule has 34 heavy (non-hydrogen) atoms. The molecule has 0 saturated heterocycles. The molecule has 5 aromatic heterocycles. The van der Waals surface area contributed by atoms with E-state index < -0.39 is 0 Å². The number of H-pyrrole nitrogens is 2. The van der Waals surface area contributed by atoms with Gasteiger partial charge < -0.3 is 9.88 Å². The molecule has 2 N–H and O–H groups in total. The van der Waals surface area contributed by atoms with Crippen molar-refractivity contribution < 1.29 is 9.59 Å². The highest BCUT2D eigenvalue weighted by Crippen LogP contribution is 2.29. The van der Waals surface area contributed by atoms with Gasteiger partial charge in [0.15, 0.2) is 17.1 Å². The molecule has 0 aliphatic heterocycles. The van der Waals surface area contributed by atoms with E-state index in [1.165, 1.54) is 4.90 Å². The maximum atomic E-state index is 12.6. The number of amides is 1. The smallest absolute Gasteiger partial charge is 0.255 e. The topological polar surface area (TPSA) is 133 Å². The van der Waals surface area contributed by atoms with E-state index in [0.29, 0.717) is 46.7 Å². The zero-order chi connectivity index (χ0) is 23.8. The summed E-state index contributed by atoms with van der Waals surface area (Å²) in [6, 6.07) is 7.42. The van der Waals surface area contributed by atoms with Crippen LogP contribution in [0.1, 0.15) is 29.4 Å². The number of ketones is 1. The molecule has 170 valence electrons. The molecule has 5 rings (SSSR count). The predicted molar refractivity (Wildman–Crippen MR) is 127 cm³/mol. The van der Waals surface area contributed by atoms with Crippen LogP contribution in [-0.2, 0) is 11.2 Å². The van der Waals surface area contributed by atoms with E-state index >= 15 is 0 Å². The van der Waals surface area contributed by atoms with Crippen LogP contribution >= 0.6 is 0 Å². The number of fused-ring (bicyclic) bond motifs is 2. The highest BCUT2D eigenvalue weighted by atomic mass is 16.2. The average molecular weight is 454 g/mol. The monoisotopic (exact) mass is 454 g/mol. The number of hydrogen-bond donors (Lipinski definition) is 2. The summed E-state index contributed by atoms with van der Waals surface area (Å²) in [5, 5.41) is 8.06. The third-order valence-electron chi connectivity index (χ3n) is 5.61. The standard InChI is InChI=1S/C24H22N8O2/c1-4-16(33)10-15-6-5-13(11-26-15)14-9-18-20(30-31-21(18)27-12-14)23-28-19-17(24(34)32(2)3)7-8-25-22(19)29-23/h5-9,11-12H,4,10H2,1-3H3,(H,25,28,29)(H,27,30,31). The van der Waals surface area contributed by atoms with Gasteiger partial charge in [-0.15, -0.1) is 0 Å². The lowest BCUT2D eigenvalue weighted by Gasteiger charge is -2.09. The van der Waals surface area contributed by atoms with E-state index in [1.54, 1.807) is 38.8 Å². The number of hydrogen-bond acceptors (Lipinski definition) is 7.